The molecule has 0 bridgehead atoms. The van der Waals surface area contributed by atoms with Crippen LogP contribution in [0.4, 0.5) is 5.69 Å². The Bertz CT molecular complexity index is 659. The zero-order chi connectivity index (χ0) is 13.2. The van der Waals surface area contributed by atoms with Gasteiger partial charge in [0.25, 0.3) is 10.0 Å². The van der Waals surface area contributed by atoms with Crippen molar-refractivity contribution in [1.29, 1.82) is 0 Å². The van der Waals surface area contributed by atoms with Gasteiger partial charge in [-0.1, -0.05) is 11.6 Å². The van der Waals surface area contributed by atoms with Crippen LogP contribution < -0.4 is 4.72 Å². The number of hydrogen-bond acceptors (Lipinski definition) is 4. The molecule has 1 heterocycles. The highest BCUT2D eigenvalue weighted by Crippen LogP contribution is 2.27. The van der Waals surface area contributed by atoms with Gasteiger partial charge < -0.3 is 5.11 Å². The lowest BCUT2D eigenvalue weighted by Gasteiger charge is -2.08. The summed E-state index contributed by atoms with van der Waals surface area (Å²) in [6.45, 7) is 0. The molecule has 0 saturated carbocycles. The lowest BCUT2D eigenvalue weighted by Crippen LogP contribution is -2.12. The Labute approximate surface area is 109 Å². The molecule has 0 fully saturated rings. The molecule has 1 aromatic heterocycles. The molecule has 0 aliphatic carbocycles. The van der Waals surface area contributed by atoms with Gasteiger partial charge >= 0.3 is 0 Å². The van der Waals surface area contributed by atoms with Gasteiger partial charge in [-0.3, -0.25) is 9.71 Å². The molecule has 94 valence electrons. The van der Waals surface area contributed by atoms with Crippen LogP contribution in [0.3, 0.4) is 0 Å². The van der Waals surface area contributed by atoms with Crippen LogP contribution in [-0.2, 0) is 10.0 Å². The third-order valence-electron chi connectivity index (χ3n) is 2.14. The fourth-order valence-corrected chi connectivity index (χ4v) is 2.43. The fraction of sp³-hybridized carbons (Fsp3) is 0. The molecular weight excluding hydrogens is 276 g/mol. The largest absolute Gasteiger partial charge is 0.506 e. The quantitative estimate of drug-likeness (QED) is 0.906. The monoisotopic (exact) mass is 284 g/mol. The van der Waals surface area contributed by atoms with Crippen molar-refractivity contribution in [1.82, 2.24) is 4.98 Å². The molecular formula is C11H9ClN2O3S. The first-order chi connectivity index (χ1) is 8.49. The number of nitrogens with one attached hydrogen (secondary N) is 1. The van der Waals surface area contributed by atoms with E-state index < -0.39 is 10.0 Å². The van der Waals surface area contributed by atoms with E-state index >= 15 is 0 Å². The van der Waals surface area contributed by atoms with E-state index in [2.05, 4.69) is 9.71 Å². The zero-order valence-corrected chi connectivity index (χ0v) is 10.6. The number of anilines is 1. The topological polar surface area (TPSA) is 79.3 Å². The first-order valence-electron chi connectivity index (χ1n) is 4.90. The molecule has 0 aliphatic rings. The van der Waals surface area contributed by atoms with Gasteiger partial charge in [-0.15, -0.1) is 0 Å². The van der Waals surface area contributed by atoms with Gasteiger partial charge in [0, 0.05) is 18.5 Å². The normalized spacial score (nSPS) is 11.2. The Kier molecular flexibility index (Phi) is 3.40. The summed E-state index contributed by atoms with van der Waals surface area (Å²) in [6.07, 6.45) is 2.71. The third-order valence-corrected chi connectivity index (χ3v) is 3.83. The molecule has 1 aromatic carbocycles. The van der Waals surface area contributed by atoms with Gasteiger partial charge in [-0.2, -0.15) is 0 Å². The van der Waals surface area contributed by atoms with Crippen molar-refractivity contribution in [3.63, 3.8) is 0 Å². The second-order valence-electron chi connectivity index (χ2n) is 3.46. The lowest BCUT2D eigenvalue weighted by atomic mass is 10.3. The second kappa shape index (κ2) is 4.83. The second-order valence-corrected chi connectivity index (χ2v) is 5.55. The summed E-state index contributed by atoms with van der Waals surface area (Å²) in [6, 6.07) is 7.03. The molecule has 0 saturated heterocycles. The lowest BCUT2D eigenvalue weighted by molar-refractivity contribution is 0.476. The number of halogens is 1. The summed E-state index contributed by atoms with van der Waals surface area (Å²) in [5, 5.41) is 9.54. The summed E-state index contributed by atoms with van der Waals surface area (Å²) >= 11 is 5.63. The highest BCUT2D eigenvalue weighted by atomic mass is 35.5. The Hall–Kier alpha value is -1.79. The number of rotatable bonds is 3. The van der Waals surface area contributed by atoms with Gasteiger partial charge in [0.15, 0.2) is 0 Å². The van der Waals surface area contributed by atoms with E-state index in [1.807, 2.05) is 0 Å². The SMILES string of the molecule is O=S(=O)(Nc1ccc(Cl)c(O)c1)c1cccnc1. The maximum Gasteiger partial charge on any atom is 0.263 e. The number of phenolic OH excluding ortho intramolecular Hbond substituents is 1. The number of aromatic nitrogens is 1. The van der Waals surface area contributed by atoms with Gasteiger partial charge in [0.2, 0.25) is 0 Å². The van der Waals surface area contributed by atoms with E-state index in [1.54, 1.807) is 0 Å². The molecule has 5 nitrogen and oxygen atoms in total. The predicted molar refractivity (Wildman–Crippen MR) is 68.2 cm³/mol. The molecule has 0 spiro atoms. The summed E-state index contributed by atoms with van der Waals surface area (Å²) in [4.78, 5) is 3.78. The van der Waals surface area contributed by atoms with Crippen LogP contribution >= 0.6 is 11.6 Å². The first-order valence-corrected chi connectivity index (χ1v) is 6.76. The first kappa shape index (κ1) is 12.7. The van der Waals surface area contributed by atoms with Crippen LogP contribution in [0, 0.1) is 0 Å². The minimum absolute atomic E-state index is 0.0411. The van der Waals surface area contributed by atoms with Crippen molar-refractivity contribution in [3.8, 4) is 5.75 Å². The molecule has 0 aliphatic heterocycles. The van der Waals surface area contributed by atoms with Crippen LogP contribution in [0.15, 0.2) is 47.6 Å². The smallest absolute Gasteiger partial charge is 0.263 e. The Morgan fingerprint density at radius 1 is 1.28 bits per heavy atom. The molecule has 2 aromatic rings. The minimum atomic E-state index is -3.71. The van der Waals surface area contributed by atoms with Crippen LogP contribution in [-0.4, -0.2) is 18.5 Å². The van der Waals surface area contributed by atoms with E-state index in [-0.39, 0.29) is 21.4 Å². The number of aromatic hydroxyl groups is 1. The molecule has 7 heteroatoms. The van der Waals surface area contributed by atoms with Crippen LogP contribution in [0.1, 0.15) is 0 Å². The van der Waals surface area contributed by atoms with Crippen LogP contribution in [0.2, 0.25) is 5.02 Å². The van der Waals surface area contributed by atoms with E-state index in [1.165, 1.54) is 42.7 Å². The summed E-state index contributed by atoms with van der Waals surface area (Å²) in [5.41, 5.74) is 0.223. The maximum atomic E-state index is 11.9. The highest BCUT2D eigenvalue weighted by molar-refractivity contribution is 7.92. The van der Waals surface area contributed by atoms with Gasteiger partial charge in [0.1, 0.15) is 10.6 Å². The van der Waals surface area contributed by atoms with Gasteiger partial charge in [-0.05, 0) is 24.3 Å². The van der Waals surface area contributed by atoms with Crippen molar-refractivity contribution in [3.05, 3.63) is 47.7 Å². The van der Waals surface area contributed by atoms with Crippen molar-refractivity contribution in [2.75, 3.05) is 4.72 Å². The van der Waals surface area contributed by atoms with Crippen molar-refractivity contribution in [2.45, 2.75) is 4.90 Å². The molecule has 0 atom stereocenters. The van der Waals surface area contributed by atoms with Gasteiger partial charge in [0.05, 0.1) is 10.7 Å². The molecule has 0 radical (unpaired) electrons. The number of nitrogens with zero attached hydrogens (tertiary/aromatic N) is 1. The molecule has 2 N–H and O–H groups in total. The predicted octanol–water partition coefficient (Wildman–Crippen LogP) is 2.24. The maximum absolute atomic E-state index is 11.9. The summed E-state index contributed by atoms with van der Waals surface area (Å²) in [5.74, 6) is -0.192. The fourth-order valence-electron chi connectivity index (χ4n) is 1.30. The van der Waals surface area contributed by atoms with Crippen molar-refractivity contribution in [2.24, 2.45) is 0 Å². The Morgan fingerprint density at radius 3 is 2.67 bits per heavy atom. The van der Waals surface area contributed by atoms with E-state index in [0.29, 0.717) is 0 Å². The third kappa shape index (κ3) is 2.72. The summed E-state index contributed by atoms with van der Waals surface area (Å²) in [7, 11) is -3.71. The number of pyridine rings is 1. The highest BCUT2D eigenvalue weighted by Gasteiger charge is 2.14. The summed E-state index contributed by atoms with van der Waals surface area (Å²) < 4.78 is 26.2. The Morgan fingerprint density at radius 2 is 2.06 bits per heavy atom. The number of phenols is 1. The molecule has 18 heavy (non-hydrogen) atoms. The average Bonchev–Trinajstić information content (AvgIpc) is 2.35. The van der Waals surface area contributed by atoms with Crippen molar-refractivity contribution < 1.29 is 13.5 Å². The Balaban J connectivity index is 2.31. The van der Waals surface area contributed by atoms with E-state index in [9.17, 15) is 13.5 Å². The van der Waals surface area contributed by atoms with Crippen LogP contribution in [0.5, 0.6) is 5.75 Å². The van der Waals surface area contributed by atoms with Crippen molar-refractivity contribution >= 4 is 27.3 Å². The van der Waals surface area contributed by atoms with Gasteiger partial charge in [-0.25, -0.2) is 8.42 Å². The number of benzene rings is 1. The number of hydrogen-bond donors (Lipinski definition) is 2. The van der Waals surface area contributed by atoms with E-state index in [0.717, 1.165) is 0 Å². The van der Waals surface area contributed by atoms with E-state index in [4.69, 9.17) is 11.6 Å². The molecule has 0 unspecified atom stereocenters. The number of sulfonamides is 1. The average molecular weight is 285 g/mol. The van der Waals surface area contributed by atoms with Crippen LogP contribution in [0.25, 0.3) is 0 Å². The molecule has 0 amide bonds. The minimum Gasteiger partial charge on any atom is -0.506 e. The standard InChI is InChI=1S/C11H9ClN2O3S/c12-10-4-3-8(6-11(10)15)14-18(16,17)9-2-1-5-13-7-9/h1-7,14-15H. The molecule has 2 rings (SSSR count). The zero-order valence-electron chi connectivity index (χ0n) is 9.04.